The van der Waals surface area contributed by atoms with E-state index in [0.29, 0.717) is 0 Å². The van der Waals surface area contributed by atoms with Crippen molar-refractivity contribution in [3.8, 4) is 39.1 Å². The second kappa shape index (κ2) is 17.2. The number of anilines is 6. The summed E-state index contributed by atoms with van der Waals surface area (Å²) in [4.78, 5) is 4.75. The van der Waals surface area contributed by atoms with E-state index in [1.165, 1.54) is 53.2 Å². The zero-order chi connectivity index (χ0) is 44.6. The zero-order valence-corrected chi connectivity index (χ0v) is 38.0. The Balaban J connectivity index is 1.10. The summed E-state index contributed by atoms with van der Waals surface area (Å²) in [6.45, 7) is 6.25. The lowest BCUT2D eigenvalue weighted by Gasteiger charge is -2.31. The Kier molecular flexibility index (Phi) is 10.7. The second-order valence-electron chi connectivity index (χ2n) is 17.8. The lowest BCUT2D eigenvalue weighted by molar-refractivity contribution is 0.131. The minimum atomic E-state index is -0.318. The summed E-state index contributed by atoms with van der Waals surface area (Å²) in [5, 5.41) is 5.01. The summed E-state index contributed by atoms with van der Waals surface area (Å²) >= 11 is 1.87. The average molecular weight is 869 g/mol. The van der Waals surface area contributed by atoms with Gasteiger partial charge >= 0.3 is 0 Å². The molecule has 0 aliphatic rings. The van der Waals surface area contributed by atoms with Gasteiger partial charge in [0.25, 0.3) is 0 Å². The lowest BCUT2D eigenvalue weighted by atomic mass is 9.97. The topological polar surface area (TPSA) is 15.7 Å². The van der Waals surface area contributed by atoms with Gasteiger partial charge in [0.2, 0.25) is 0 Å². The van der Waals surface area contributed by atoms with Gasteiger partial charge in [-0.3, -0.25) is 0 Å². The summed E-state index contributed by atoms with van der Waals surface area (Å²) in [5.41, 5.74) is 13.0. The van der Waals surface area contributed by atoms with Crippen LogP contribution in [0.1, 0.15) is 20.8 Å². The maximum atomic E-state index is 6.32. The normalized spacial score (nSPS) is 11.6. The van der Waals surface area contributed by atoms with Crippen molar-refractivity contribution in [1.29, 1.82) is 0 Å². The third-order valence-corrected chi connectivity index (χ3v) is 13.3. The minimum absolute atomic E-state index is 0.318. The van der Waals surface area contributed by atoms with Crippen LogP contribution in [-0.2, 0) is 0 Å². The highest BCUT2D eigenvalue weighted by molar-refractivity contribution is 7.26. The fraction of sp³-hybridized carbons (Fsp3) is 0.0645. The molecule has 318 valence electrons. The molecule has 10 aromatic carbocycles. The van der Waals surface area contributed by atoms with Crippen LogP contribution in [0.2, 0.25) is 0 Å². The van der Waals surface area contributed by atoms with Crippen molar-refractivity contribution in [2.45, 2.75) is 26.4 Å². The molecule has 0 saturated carbocycles. The Bertz CT molecular complexity index is 3460. The number of hydrogen-bond donors (Lipinski definition) is 0. The largest absolute Gasteiger partial charge is 0.488 e. The number of benzene rings is 10. The monoisotopic (exact) mass is 868 g/mol. The molecule has 0 fully saturated rings. The highest BCUT2D eigenvalue weighted by Crippen LogP contribution is 2.45. The predicted molar refractivity (Wildman–Crippen MR) is 283 cm³/mol. The molecule has 0 N–H and O–H groups in total. The van der Waals surface area contributed by atoms with Crippen LogP contribution in [0.15, 0.2) is 237 Å². The molecule has 0 aliphatic heterocycles. The Morgan fingerprint density at radius 3 is 1.58 bits per heavy atom. The molecule has 11 rings (SSSR count). The first-order valence-electron chi connectivity index (χ1n) is 22.6. The standard InChI is InChI=1S/C62H48N2OS/c1-62(2,3)65-56-37-35-52(36-38-56)63(51-32-29-45(30-33-51)43-15-6-4-7-16-43)54-40-49(46-25-27-47(28-26-46)57-22-14-23-59-58-21-12-13-24-60(58)66-61(57)59)41-55(42-54)64(50-19-8-5-9-20-50)53-34-31-44-17-10-11-18-48(44)39-53/h4-42H,1-3H3. The van der Waals surface area contributed by atoms with Crippen molar-refractivity contribution in [2.24, 2.45) is 0 Å². The van der Waals surface area contributed by atoms with E-state index in [0.717, 1.165) is 51.0 Å². The fourth-order valence-corrected chi connectivity index (χ4v) is 10.3. The van der Waals surface area contributed by atoms with Crippen molar-refractivity contribution in [3.05, 3.63) is 237 Å². The number of thiophene rings is 1. The van der Waals surface area contributed by atoms with Crippen LogP contribution in [0, 0.1) is 0 Å². The molecule has 0 aliphatic carbocycles. The van der Waals surface area contributed by atoms with Crippen LogP contribution in [0.3, 0.4) is 0 Å². The molecule has 0 radical (unpaired) electrons. The number of fused-ring (bicyclic) bond motifs is 4. The van der Waals surface area contributed by atoms with E-state index in [4.69, 9.17) is 4.74 Å². The molecule has 0 bridgehead atoms. The first-order chi connectivity index (χ1) is 32.3. The summed E-state index contributed by atoms with van der Waals surface area (Å²) in [6.07, 6.45) is 0. The smallest absolute Gasteiger partial charge is 0.120 e. The van der Waals surface area contributed by atoms with Gasteiger partial charge in [-0.2, -0.15) is 0 Å². The average Bonchev–Trinajstić information content (AvgIpc) is 3.74. The third kappa shape index (κ3) is 8.20. The van der Waals surface area contributed by atoms with Gasteiger partial charge in [-0.05, 0) is 150 Å². The van der Waals surface area contributed by atoms with Gasteiger partial charge in [-0.15, -0.1) is 11.3 Å². The Morgan fingerprint density at radius 1 is 0.348 bits per heavy atom. The Labute approximate surface area is 391 Å². The molecule has 0 amide bonds. The highest BCUT2D eigenvalue weighted by atomic mass is 32.1. The quantitative estimate of drug-likeness (QED) is 0.136. The van der Waals surface area contributed by atoms with Crippen LogP contribution in [0.4, 0.5) is 34.1 Å². The van der Waals surface area contributed by atoms with Gasteiger partial charge in [-0.1, -0.05) is 152 Å². The molecule has 1 aromatic heterocycles. The SMILES string of the molecule is CC(C)(C)Oc1ccc(N(c2ccc(-c3ccccc3)cc2)c2cc(-c3ccc(-c4cccc5c4sc4ccccc45)cc3)cc(N(c3ccccc3)c3ccc4ccccc4c3)c2)cc1. The number of nitrogens with zero attached hydrogens (tertiary/aromatic N) is 2. The Morgan fingerprint density at radius 2 is 0.864 bits per heavy atom. The summed E-state index contributed by atoms with van der Waals surface area (Å²) in [5.74, 6) is 0.832. The van der Waals surface area contributed by atoms with Gasteiger partial charge in [0.1, 0.15) is 11.4 Å². The second-order valence-corrected chi connectivity index (χ2v) is 18.8. The summed E-state index contributed by atoms with van der Waals surface area (Å²) in [6, 6.07) is 85.6. The molecule has 66 heavy (non-hydrogen) atoms. The summed E-state index contributed by atoms with van der Waals surface area (Å²) in [7, 11) is 0. The molecule has 4 heteroatoms. The molecule has 0 spiro atoms. The first-order valence-corrected chi connectivity index (χ1v) is 23.4. The van der Waals surface area contributed by atoms with Gasteiger partial charge < -0.3 is 14.5 Å². The van der Waals surface area contributed by atoms with Gasteiger partial charge in [0.15, 0.2) is 0 Å². The van der Waals surface area contributed by atoms with Crippen LogP contribution < -0.4 is 14.5 Å². The molecule has 0 unspecified atom stereocenters. The van der Waals surface area contributed by atoms with Crippen LogP contribution >= 0.6 is 11.3 Å². The van der Waals surface area contributed by atoms with Gasteiger partial charge in [0.05, 0.1) is 0 Å². The van der Waals surface area contributed by atoms with Crippen LogP contribution in [0.5, 0.6) is 5.75 Å². The highest BCUT2D eigenvalue weighted by Gasteiger charge is 2.21. The number of rotatable bonds is 10. The maximum absolute atomic E-state index is 6.32. The van der Waals surface area contributed by atoms with Crippen molar-refractivity contribution in [3.63, 3.8) is 0 Å². The van der Waals surface area contributed by atoms with E-state index < -0.39 is 0 Å². The van der Waals surface area contributed by atoms with Crippen molar-refractivity contribution < 1.29 is 4.74 Å². The summed E-state index contributed by atoms with van der Waals surface area (Å²) < 4.78 is 8.95. The number of ether oxygens (including phenoxy) is 1. The lowest BCUT2D eigenvalue weighted by Crippen LogP contribution is -2.22. The number of hydrogen-bond acceptors (Lipinski definition) is 4. The van der Waals surface area contributed by atoms with Gasteiger partial charge in [0, 0.05) is 54.3 Å². The van der Waals surface area contributed by atoms with Crippen molar-refractivity contribution in [2.75, 3.05) is 9.80 Å². The van der Waals surface area contributed by atoms with Crippen molar-refractivity contribution >= 4 is 76.4 Å². The maximum Gasteiger partial charge on any atom is 0.120 e. The molecule has 0 atom stereocenters. The molecular formula is C62H48N2OS. The van der Waals surface area contributed by atoms with Crippen LogP contribution in [-0.4, -0.2) is 5.60 Å². The molecule has 11 aromatic rings. The van der Waals surface area contributed by atoms with E-state index in [-0.39, 0.29) is 5.60 Å². The molecule has 1 heterocycles. The van der Waals surface area contributed by atoms with Crippen LogP contribution in [0.25, 0.3) is 64.3 Å². The fourth-order valence-electron chi connectivity index (χ4n) is 9.07. The van der Waals surface area contributed by atoms with E-state index in [1.807, 2.05) is 11.3 Å². The predicted octanol–water partition coefficient (Wildman–Crippen LogP) is 18.3. The zero-order valence-electron chi connectivity index (χ0n) is 37.2. The van der Waals surface area contributed by atoms with E-state index in [9.17, 15) is 0 Å². The molecule has 0 saturated heterocycles. The van der Waals surface area contributed by atoms with E-state index >= 15 is 0 Å². The molecule has 3 nitrogen and oxygen atoms in total. The minimum Gasteiger partial charge on any atom is -0.488 e. The first kappa shape index (κ1) is 40.8. The van der Waals surface area contributed by atoms with Crippen molar-refractivity contribution in [1.82, 2.24) is 0 Å². The Hall–Kier alpha value is -7.92. The van der Waals surface area contributed by atoms with E-state index in [2.05, 4.69) is 267 Å². The van der Waals surface area contributed by atoms with Gasteiger partial charge in [-0.25, -0.2) is 0 Å². The third-order valence-electron chi connectivity index (χ3n) is 12.1. The molecular weight excluding hydrogens is 821 g/mol. The van der Waals surface area contributed by atoms with E-state index in [1.54, 1.807) is 0 Å². The number of para-hydroxylation sites is 1.